The molecule has 0 saturated carbocycles. The molecular formula is C33H57O10P. The number of carboxylic acids is 3. The normalized spacial score (nSPS) is 11.2. The van der Waals surface area contributed by atoms with Gasteiger partial charge in [0.25, 0.3) is 0 Å². The van der Waals surface area contributed by atoms with Crippen molar-refractivity contribution in [1.29, 1.82) is 0 Å². The molecule has 0 fully saturated rings. The average molecular weight is 645 g/mol. The third-order valence-electron chi connectivity index (χ3n) is 6.98. The summed E-state index contributed by atoms with van der Waals surface area (Å²) in [7, 11) is -3.40. The van der Waals surface area contributed by atoms with E-state index in [-0.39, 0.29) is 0 Å². The third-order valence-corrected chi connectivity index (χ3v) is 8.48. The van der Waals surface area contributed by atoms with Crippen molar-refractivity contribution in [2.24, 2.45) is 0 Å². The zero-order chi connectivity index (χ0) is 33.1. The summed E-state index contributed by atoms with van der Waals surface area (Å²) < 4.78 is 29.9. The SMILES string of the molecule is CCCCCCCCOP(=O)(OCCCCCCCC)OCCCCCCCC.O=C(O)c1cccc(C(=O)O)c1C(=O)O. The van der Waals surface area contributed by atoms with E-state index >= 15 is 0 Å². The fourth-order valence-corrected chi connectivity index (χ4v) is 5.71. The first-order valence-electron chi connectivity index (χ1n) is 16.5. The lowest BCUT2D eigenvalue weighted by Crippen LogP contribution is -2.14. The minimum absolute atomic E-state index is 0.469. The predicted octanol–water partition coefficient (Wildman–Crippen LogP) is 10.0. The lowest BCUT2D eigenvalue weighted by atomic mass is 10.0. The molecule has 0 aliphatic carbocycles. The lowest BCUT2D eigenvalue weighted by molar-refractivity contribution is 0.0633. The van der Waals surface area contributed by atoms with E-state index in [2.05, 4.69) is 20.8 Å². The van der Waals surface area contributed by atoms with Crippen LogP contribution in [0.1, 0.15) is 167 Å². The van der Waals surface area contributed by atoms with E-state index in [0.717, 1.165) is 50.7 Å². The summed E-state index contributed by atoms with van der Waals surface area (Å²) in [5.41, 5.74) is -1.79. The lowest BCUT2D eigenvalue weighted by Gasteiger charge is -2.18. The molecule has 0 aliphatic heterocycles. The molecule has 0 saturated heterocycles. The van der Waals surface area contributed by atoms with Crippen molar-refractivity contribution in [1.82, 2.24) is 0 Å². The number of aromatic carboxylic acids is 3. The maximum absolute atomic E-state index is 13.0. The molecule has 0 aromatic heterocycles. The summed E-state index contributed by atoms with van der Waals surface area (Å²) in [6, 6.07) is 3.26. The van der Waals surface area contributed by atoms with Gasteiger partial charge in [-0.25, -0.2) is 18.9 Å². The molecule has 44 heavy (non-hydrogen) atoms. The van der Waals surface area contributed by atoms with Crippen molar-refractivity contribution < 1.29 is 47.8 Å². The standard InChI is InChI=1S/C24H51O4P.C9H6O6/c1-4-7-10-13-16-19-22-26-29(25,27-23-20-17-14-11-8-5-2)28-24-21-18-15-12-9-6-3;10-7(11)4-2-1-3-5(8(12)13)6(4)9(14)15/h4-24H2,1-3H3;1-3H,(H,10,11)(H,12,13)(H,14,15). The molecule has 11 heteroatoms. The molecule has 1 aromatic carbocycles. The van der Waals surface area contributed by atoms with Gasteiger partial charge in [0.15, 0.2) is 0 Å². The topological polar surface area (TPSA) is 157 Å². The van der Waals surface area contributed by atoms with E-state index in [9.17, 15) is 18.9 Å². The number of phosphoric acid groups is 1. The van der Waals surface area contributed by atoms with Crippen molar-refractivity contribution in [2.45, 2.75) is 136 Å². The van der Waals surface area contributed by atoms with Crippen molar-refractivity contribution in [3.8, 4) is 0 Å². The zero-order valence-electron chi connectivity index (χ0n) is 27.2. The highest BCUT2D eigenvalue weighted by atomic mass is 31.2. The number of unbranched alkanes of at least 4 members (excludes halogenated alkanes) is 15. The number of rotatable bonds is 27. The quantitative estimate of drug-likeness (QED) is 0.0622. The van der Waals surface area contributed by atoms with Gasteiger partial charge in [-0.2, -0.15) is 0 Å². The Hall–Kier alpha value is -2.26. The molecule has 0 spiro atoms. The van der Waals surface area contributed by atoms with Crippen molar-refractivity contribution in [3.63, 3.8) is 0 Å². The van der Waals surface area contributed by atoms with Crippen LogP contribution in [0.3, 0.4) is 0 Å². The van der Waals surface area contributed by atoms with Gasteiger partial charge < -0.3 is 15.3 Å². The molecule has 0 atom stereocenters. The van der Waals surface area contributed by atoms with Crippen molar-refractivity contribution in [2.75, 3.05) is 19.8 Å². The summed E-state index contributed by atoms with van der Waals surface area (Å²) in [6.07, 6.45) is 21.3. The molecule has 3 N–H and O–H groups in total. The van der Waals surface area contributed by atoms with Crippen LogP contribution in [0.25, 0.3) is 0 Å². The van der Waals surface area contributed by atoms with E-state index in [0.29, 0.717) is 19.8 Å². The average Bonchev–Trinajstić information content (AvgIpc) is 2.99. The number of carboxylic acid groups (broad SMARTS) is 3. The molecule has 0 aliphatic rings. The highest BCUT2D eigenvalue weighted by Gasteiger charge is 2.26. The van der Waals surface area contributed by atoms with Gasteiger partial charge in [0.2, 0.25) is 0 Å². The largest absolute Gasteiger partial charge is 0.478 e. The maximum atomic E-state index is 13.0. The Morgan fingerprint density at radius 3 is 1.09 bits per heavy atom. The summed E-state index contributed by atoms with van der Waals surface area (Å²) in [5, 5.41) is 26.0. The monoisotopic (exact) mass is 644 g/mol. The van der Waals surface area contributed by atoms with Crippen LogP contribution in [0, 0.1) is 0 Å². The minimum Gasteiger partial charge on any atom is -0.478 e. The van der Waals surface area contributed by atoms with Crippen molar-refractivity contribution in [3.05, 3.63) is 34.9 Å². The Labute approximate surface area is 264 Å². The Kier molecular flexibility index (Phi) is 25.7. The van der Waals surface area contributed by atoms with Crippen LogP contribution in [-0.2, 0) is 18.1 Å². The van der Waals surface area contributed by atoms with E-state index < -0.39 is 42.4 Å². The maximum Gasteiger partial charge on any atom is 0.474 e. The Morgan fingerprint density at radius 1 is 0.523 bits per heavy atom. The number of hydrogen-bond donors (Lipinski definition) is 3. The molecule has 0 unspecified atom stereocenters. The molecule has 1 rings (SSSR count). The highest BCUT2D eigenvalue weighted by Crippen LogP contribution is 2.50. The van der Waals surface area contributed by atoms with Crippen LogP contribution >= 0.6 is 7.82 Å². The van der Waals surface area contributed by atoms with Gasteiger partial charge in [-0.05, 0) is 31.4 Å². The second-order valence-electron chi connectivity index (χ2n) is 10.9. The molecule has 254 valence electrons. The van der Waals surface area contributed by atoms with Crippen LogP contribution in [-0.4, -0.2) is 53.0 Å². The predicted molar refractivity (Wildman–Crippen MR) is 173 cm³/mol. The molecule has 0 amide bonds. The first-order valence-corrected chi connectivity index (χ1v) is 18.0. The van der Waals surface area contributed by atoms with Crippen LogP contribution in [0.5, 0.6) is 0 Å². The van der Waals surface area contributed by atoms with E-state index in [1.807, 2.05) is 0 Å². The Morgan fingerprint density at radius 2 is 0.818 bits per heavy atom. The fourth-order valence-electron chi connectivity index (χ4n) is 4.43. The fraction of sp³-hybridized carbons (Fsp3) is 0.727. The minimum atomic E-state index is -3.40. The van der Waals surface area contributed by atoms with Gasteiger partial charge in [0, 0.05) is 0 Å². The zero-order valence-corrected chi connectivity index (χ0v) is 28.1. The number of hydrogen-bond acceptors (Lipinski definition) is 7. The van der Waals surface area contributed by atoms with Gasteiger partial charge in [0.05, 0.1) is 36.5 Å². The van der Waals surface area contributed by atoms with E-state index in [4.69, 9.17) is 28.9 Å². The van der Waals surface area contributed by atoms with E-state index in [1.54, 1.807) is 0 Å². The highest BCUT2D eigenvalue weighted by molar-refractivity contribution is 7.48. The molecule has 0 radical (unpaired) electrons. The summed E-state index contributed by atoms with van der Waals surface area (Å²) in [5.74, 6) is -4.53. The summed E-state index contributed by atoms with van der Waals surface area (Å²) >= 11 is 0. The van der Waals surface area contributed by atoms with Crippen LogP contribution in [0.4, 0.5) is 0 Å². The second-order valence-corrected chi connectivity index (χ2v) is 12.6. The van der Waals surface area contributed by atoms with Gasteiger partial charge in [-0.1, -0.05) is 123 Å². The summed E-state index contributed by atoms with van der Waals surface area (Å²) in [6.45, 7) is 8.08. The van der Waals surface area contributed by atoms with Crippen LogP contribution in [0.2, 0.25) is 0 Å². The van der Waals surface area contributed by atoms with Crippen molar-refractivity contribution >= 4 is 25.7 Å². The first kappa shape index (κ1) is 41.7. The molecule has 0 bridgehead atoms. The van der Waals surface area contributed by atoms with Gasteiger partial charge in [0.1, 0.15) is 0 Å². The third kappa shape index (κ3) is 20.7. The van der Waals surface area contributed by atoms with Gasteiger partial charge in [-0.15, -0.1) is 0 Å². The molecule has 0 heterocycles. The Balaban J connectivity index is 0.00000103. The number of carbonyl (C=O) groups is 3. The molecule has 1 aromatic rings. The van der Waals surface area contributed by atoms with Gasteiger partial charge in [-0.3, -0.25) is 13.6 Å². The van der Waals surface area contributed by atoms with Gasteiger partial charge >= 0.3 is 25.7 Å². The second kappa shape index (κ2) is 27.1. The molecular weight excluding hydrogens is 587 g/mol. The van der Waals surface area contributed by atoms with E-state index in [1.165, 1.54) is 83.1 Å². The van der Waals surface area contributed by atoms with Crippen LogP contribution in [0.15, 0.2) is 18.2 Å². The number of benzene rings is 1. The molecule has 10 nitrogen and oxygen atoms in total. The van der Waals surface area contributed by atoms with Crippen LogP contribution < -0.4 is 0 Å². The number of phosphoric ester groups is 1. The Bertz CT molecular complexity index is 881. The summed E-state index contributed by atoms with van der Waals surface area (Å²) in [4.78, 5) is 32.0. The smallest absolute Gasteiger partial charge is 0.474 e. The first-order chi connectivity index (χ1) is 21.1.